The quantitative estimate of drug-likeness (QED) is 0.733. The number of likely N-dealkylation sites (N-methyl/N-ethyl adjacent to an activating group) is 1. The fourth-order valence-electron chi connectivity index (χ4n) is 1.86. The second-order valence-corrected chi connectivity index (χ2v) is 4.83. The van der Waals surface area contributed by atoms with E-state index >= 15 is 0 Å². The van der Waals surface area contributed by atoms with E-state index in [0.29, 0.717) is 12.2 Å². The Morgan fingerprint density at radius 3 is 2.25 bits per heavy atom. The van der Waals surface area contributed by atoms with Crippen molar-refractivity contribution in [2.45, 2.75) is 19.4 Å². The SMILES string of the molecule is CN1C(=O)N(c2ccc(N)cc2)CC1(C)C. The molecule has 1 fully saturated rings. The van der Waals surface area contributed by atoms with Crippen molar-refractivity contribution in [1.29, 1.82) is 0 Å². The van der Waals surface area contributed by atoms with Crippen molar-refractivity contribution >= 4 is 17.4 Å². The van der Waals surface area contributed by atoms with Crippen LogP contribution in [0.3, 0.4) is 0 Å². The van der Waals surface area contributed by atoms with Crippen LogP contribution in [-0.2, 0) is 0 Å². The lowest BCUT2D eigenvalue weighted by molar-refractivity contribution is 0.198. The molecule has 1 aliphatic heterocycles. The largest absolute Gasteiger partial charge is 0.399 e. The van der Waals surface area contributed by atoms with E-state index in [4.69, 9.17) is 5.73 Å². The normalized spacial score (nSPS) is 19.3. The number of nitrogens with zero attached hydrogens (tertiary/aromatic N) is 2. The fraction of sp³-hybridized carbons (Fsp3) is 0.417. The van der Waals surface area contributed by atoms with Gasteiger partial charge in [0.15, 0.2) is 0 Å². The van der Waals surface area contributed by atoms with Gasteiger partial charge in [0.05, 0.1) is 12.1 Å². The number of hydrogen-bond donors (Lipinski definition) is 1. The minimum Gasteiger partial charge on any atom is -0.399 e. The lowest BCUT2D eigenvalue weighted by Crippen LogP contribution is -2.38. The van der Waals surface area contributed by atoms with Crippen molar-refractivity contribution in [3.05, 3.63) is 24.3 Å². The van der Waals surface area contributed by atoms with Crippen LogP contribution in [0.5, 0.6) is 0 Å². The van der Waals surface area contributed by atoms with E-state index in [0.717, 1.165) is 5.69 Å². The molecule has 4 heteroatoms. The van der Waals surface area contributed by atoms with E-state index in [1.807, 2.05) is 31.3 Å². The summed E-state index contributed by atoms with van der Waals surface area (Å²) < 4.78 is 0. The van der Waals surface area contributed by atoms with Gasteiger partial charge in [-0.3, -0.25) is 4.90 Å². The third-order valence-electron chi connectivity index (χ3n) is 3.18. The topological polar surface area (TPSA) is 49.6 Å². The first-order chi connectivity index (χ1) is 7.42. The minimum atomic E-state index is -0.127. The van der Waals surface area contributed by atoms with Crippen molar-refractivity contribution in [2.24, 2.45) is 0 Å². The van der Waals surface area contributed by atoms with Crippen LogP contribution in [-0.4, -0.2) is 30.1 Å². The maximum Gasteiger partial charge on any atom is 0.324 e. The molecule has 4 nitrogen and oxygen atoms in total. The summed E-state index contributed by atoms with van der Waals surface area (Å²) in [6.07, 6.45) is 0. The number of anilines is 2. The first-order valence-electron chi connectivity index (χ1n) is 5.33. The van der Waals surface area contributed by atoms with Crippen LogP contribution in [0.4, 0.5) is 16.2 Å². The second kappa shape index (κ2) is 3.40. The highest BCUT2D eigenvalue weighted by atomic mass is 16.2. The van der Waals surface area contributed by atoms with Crippen LogP contribution in [0.2, 0.25) is 0 Å². The van der Waals surface area contributed by atoms with Gasteiger partial charge in [-0.05, 0) is 38.1 Å². The Balaban J connectivity index is 2.30. The molecule has 0 aromatic heterocycles. The molecule has 2 rings (SSSR count). The molecule has 0 aliphatic carbocycles. The van der Waals surface area contributed by atoms with Gasteiger partial charge < -0.3 is 10.6 Å². The van der Waals surface area contributed by atoms with Crippen LogP contribution < -0.4 is 10.6 Å². The Bertz CT molecular complexity index is 411. The summed E-state index contributed by atoms with van der Waals surface area (Å²) in [5.41, 5.74) is 7.11. The molecule has 0 bridgehead atoms. The maximum absolute atomic E-state index is 12.0. The third-order valence-corrected chi connectivity index (χ3v) is 3.18. The molecular weight excluding hydrogens is 202 g/mol. The van der Waals surface area contributed by atoms with Crippen LogP contribution in [0.15, 0.2) is 24.3 Å². The molecule has 2 N–H and O–H groups in total. The zero-order valence-corrected chi connectivity index (χ0v) is 9.90. The van der Waals surface area contributed by atoms with Gasteiger partial charge in [0.2, 0.25) is 0 Å². The van der Waals surface area contributed by atoms with Gasteiger partial charge >= 0.3 is 6.03 Å². The van der Waals surface area contributed by atoms with E-state index in [-0.39, 0.29) is 11.6 Å². The number of benzene rings is 1. The van der Waals surface area contributed by atoms with E-state index in [1.165, 1.54) is 0 Å². The smallest absolute Gasteiger partial charge is 0.324 e. The second-order valence-electron chi connectivity index (χ2n) is 4.83. The van der Waals surface area contributed by atoms with Gasteiger partial charge in [-0.2, -0.15) is 0 Å². The van der Waals surface area contributed by atoms with Crippen molar-refractivity contribution in [3.8, 4) is 0 Å². The molecule has 1 heterocycles. The number of rotatable bonds is 1. The molecule has 1 aromatic carbocycles. The number of nitrogens with two attached hydrogens (primary N) is 1. The van der Waals surface area contributed by atoms with Gasteiger partial charge in [-0.15, -0.1) is 0 Å². The third kappa shape index (κ3) is 1.60. The van der Waals surface area contributed by atoms with E-state index in [1.54, 1.807) is 9.80 Å². The van der Waals surface area contributed by atoms with Gasteiger partial charge in [0.1, 0.15) is 0 Å². The van der Waals surface area contributed by atoms with Gasteiger partial charge in [0, 0.05) is 18.4 Å². The molecule has 0 spiro atoms. The number of amides is 2. The van der Waals surface area contributed by atoms with Crippen LogP contribution in [0.25, 0.3) is 0 Å². The molecule has 0 atom stereocenters. The highest BCUT2D eigenvalue weighted by Crippen LogP contribution is 2.29. The molecule has 2 amide bonds. The number of carbonyl (C=O) groups is 1. The van der Waals surface area contributed by atoms with Crippen molar-refractivity contribution in [3.63, 3.8) is 0 Å². The molecular formula is C12H17N3O. The van der Waals surface area contributed by atoms with E-state index in [2.05, 4.69) is 13.8 Å². The van der Waals surface area contributed by atoms with Crippen molar-refractivity contribution in [1.82, 2.24) is 4.90 Å². The monoisotopic (exact) mass is 219 g/mol. The Morgan fingerprint density at radius 1 is 1.25 bits per heavy atom. The Kier molecular flexibility index (Phi) is 2.30. The van der Waals surface area contributed by atoms with Crippen LogP contribution in [0.1, 0.15) is 13.8 Å². The predicted molar refractivity (Wildman–Crippen MR) is 65.4 cm³/mol. The van der Waals surface area contributed by atoms with Gasteiger partial charge in [-0.1, -0.05) is 0 Å². The Hall–Kier alpha value is -1.71. The summed E-state index contributed by atoms with van der Waals surface area (Å²) in [6.45, 7) is 4.82. The molecule has 1 aromatic rings. The minimum absolute atomic E-state index is 0.0368. The van der Waals surface area contributed by atoms with Gasteiger partial charge in [-0.25, -0.2) is 4.79 Å². The number of hydrogen-bond acceptors (Lipinski definition) is 2. The summed E-state index contributed by atoms with van der Waals surface area (Å²) >= 11 is 0. The summed E-state index contributed by atoms with van der Waals surface area (Å²) in [5.74, 6) is 0. The average molecular weight is 219 g/mol. The molecule has 1 saturated heterocycles. The van der Waals surface area contributed by atoms with E-state index in [9.17, 15) is 4.79 Å². The number of nitrogen functional groups attached to an aromatic ring is 1. The Labute approximate surface area is 95.6 Å². The predicted octanol–water partition coefficient (Wildman–Crippen LogP) is 1.92. The fourth-order valence-corrected chi connectivity index (χ4v) is 1.86. The highest BCUT2D eigenvalue weighted by Gasteiger charge is 2.41. The maximum atomic E-state index is 12.0. The first-order valence-corrected chi connectivity index (χ1v) is 5.33. The van der Waals surface area contributed by atoms with Crippen LogP contribution >= 0.6 is 0 Å². The molecule has 16 heavy (non-hydrogen) atoms. The summed E-state index contributed by atoms with van der Waals surface area (Å²) in [6, 6.07) is 7.42. The number of carbonyl (C=O) groups excluding carboxylic acids is 1. The average Bonchev–Trinajstić information content (AvgIpc) is 2.44. The van der Waals surface area contributed by atoms with Crippen molar-refractivity contribution in [2.75, 3.05) is 24.2 Å². The zero-order chi connectivity index (χ0) is 11.9. The van der Waals surface area contributed by atoms with Crippen LogP contribution in [0, 0.1) is 0 Å². The van der Waals surface area contributed by atoms with Gasteiger partial charge in [0.25, 0.3) is 0 Å². The molecule has 1 aliphatic rings. The van der Waals surface area contributed by atoms with Crippen molar-refractivity contribution < 1.29 is 4.79 Å². The summed E-state index contributed by atoms with van der Waals surface area (Å²) in [5, 5.41) is 0. The summed E-state index contributed by atoms with van der Waals surface area (Å²) in [7, 11) is 1.83. The summed E-state index contributed by atoms with van der Waals surface area (Å²) in [4.78, 5) is 15.6. The molecule has 86 valence electrons. The molecule has 0 saturated carbocycles. The number of urea groups is 1. The zero-order valence-electron chi connectivity index (χ0n) is 9.90. The molecule has 0 unspecified atom stereocenters. The lowest BCUT2D eigenvalue weighted by Gasteiger charge is -2.24. The Morgan fingerprint density at radius 2 is 1.81 bits per heavy atom. The standard InChI is InChI=1S/C12H17N3O/c1-12(2)8-15(11(16)14(12)3)10-6-4-9(13)5-7-10/h4-7H,8,13H2,1-3H3. The lowest BCUT2D eigenvalue weighted by atomic mass is 10.1. The highest BCUT2D eigenvalue weighted by molar-refractivity contribution is 5.95. The first kappa shape index (κ1) is 10.8. The molecule has 0 radical (unpaired) electrons. The van der Waals surface area contributed by atoms with E-state index < -0.39 is 0 Å².